The van der Waals surface area contributed by atoms with Crippen LogP contribution in [0.15, 0.2) is 29.2 Å². The third-order valence-electron chi connectivity index (χ3n) is 3.56. The van der Waals surface area contributed by atoms with E-state index < -0.39 is 0 Å². The molecule has 0 radical (unpaired) electrons. The molecule has 18 heavy (non-hydrogen) atoms. The van der Waals surface area contributed by atoms with Crippen molar-refractivity contribution >= 4 is 17.8 Å². The number of hydrogen-bond acceptors (Lipinski definition) is 1. The lowest BCUT2D eigenvalue weighted by Gasteiger charge is -2.15. The number of fused-ring (bicyclic) bond motifs is 1. The SMILES string of the molecule is CCCCCCCCC1=Cc2ccccc2CS1. The Balaban J connectivity index is 1.73. The van der Waals surface area contributed by atoms with Crippen LogP contribution in [0.1, 0.15) is 63.0 Å². The quantitative estimate of drug-likeness (QED) is 0.540. The highest BCUT2D eigenvalue weighted by atomic mass is 32.2. The van der Waals surface area contributed by atoms with Gasteiger partial charge in [-0.05, 0) is 34.9 Å². The molecule has 0 unspecified atom stereocenters. The number of allylic oxidation sites excluding steroid dienone is 1. The summed E-state index contributed by atoms with van der Waals surface area (Å²) in [5.74, 6) is 1.16. The standard InChI is InChI=1S/C17H24S/c1-2-3-4-5-6-7-12-17-13-15-10-8-9-11-16(15)14-18-17/h8-11,13H,2-7,12,14H2,1H3. The van der Waals surface area contributed by atoms with Crippen molar-refractivity contribution in [2.75, 3.05) is 0 Å². The van der Waals surface area contributed by atoms with Gasteiger partial charge in [0.25, 0.3) is 0 Å². The highest BCUT2D eigenvalue weighted by Crippen LogP contribution is 2.34. The van der Waals surface area contributed by atoms with Crippen LogP contribution < -0.4 is 0 Å². The van der Waals surface area contributed by atoms with Crippen LogP contribution in [0.2, 0.25) is 0 Å². The van der Waals surface area contributed by atoms with E-state index >= 15 is 0 Å². The average Bonchev–Trinajstić information content (AvgIpc) is 2.42. The molecular weight excluding hydrogens is 236 g/mol. The highest BCUT2D eigenvalue weighted by molar-refractivity contribution is 8.02. The van der Waals surface area contributed by atoms with Crippen molar-refractivity contribution in [3.8, 4) is 0 Å². The molecule has 0 amide bonds. The first-order valence-electron chi connectivity index (χ1n) is 7.31. The molecular formula is C17H24S. The molecule has 0 saturated carbocycles. The Morgan fingerprint density at radius 2 is 1.78 bits per heavy atom. The number of benzene rings is 1. The van der Waals surface area contributed by atoms with Crippen molar-refractivity contribution in [1.29, 1.82) is 0 Å². The summed E-state index contributed by atoms with van der Waals surface area (Å²) in [5.41, 5.74) is 2.94. The maximum atomic E-state index is 2.40. The third kappa shape index (κ3) is 4.20. The second-order valence-electron chi connectivity index (χ2n) is 5.12. The van der Waals surface area contributed by atoms with Crippen LogP contribution >= 0.6 is 11.8 Å². The van der Waals surface area contributed by atoms with E-state index in [0.717, 1.165) is 5.75 Å². The lowest BCUT2D eigenvalue weighted by atomic mass is 10.1. The van der Waals surface area contributed by atoms with Gasteiger partial charge < -0.3 is 0 Å². The van der Waals surface area contributed by atoms with E-state index in [1.807, 2.05) is 11.8 Å². The van der Waals surface area contributed by atoms with Crippen LogP contribution in [-0.4, -0.2) is 0 Å². The molecule has 0 N–H and O–H groups in total. The fourth-order valence-electron chi connectivity index (χ4n) is 2.42. The van der Waals surface area contributed by atoms with Gasteiger partial charge in [0.05, 0.1) is 0 Å². The summed E-state index contributed by atoms with van der Waals surface area (Å²) in [6, 6.07) is 8.79. The molecule has 0 bridgehead atoms. The largest absolute Gasteiger partial charge is 0.126 e. The molecule has 0 saturated heterocycles. The van der Waals surface area contributed by atoms with Crippen LogP contribution in [0, 0.1) is 0 Å². The molecule has 98 valence electrons. The topological polar surface area (TPSA) is 0 Å². The molecule has 0 spiro atoms. The van der Waals surface area contributed by atoms with Crippen LogP contribution in [0.5, 0.6) is 0 Å². The van der Waals surface area contributed by atoms with Crippen molar-refractivity contribution < 1.29 is 0 Å². The summed E-state index contributed by atoms with van der Waals surface area (Å²) in [7, 11) is 0. The Labute approximate surface area is 116 Å². The zero-order valence-electron chi connectivity index (χ0n) is 11.5. The molecule has 1 aromatic carbocycles. The van der Waals surface area contributed by atoms with Gasteiger partial charge in [0, 0.05) is 5.75 Å². The lowest BCUT2D eigenvalue weighted by molar-refractivity contribution is 0.610. The predicted molar refractivity (Wildman–Crippen MR) is 83.7 cm³/mol. The van der Waals surface area contributed by atoms with E-state index in [2.05, 4.69) is 37.3 Å². The van der Waals surface area contributed by atoms with Crippen molar-refractivity contribution in [2.45, 2.75) is 57.6 Å². The molecule has 1 heteroatoms. The summed E-state index contributed by atoms with van der Waals surface area (Å²) >= 11 is 2.04. The summed E-state index contributed by atoms with van der Waals surface area (Å²) in [4.78, 5) is 1.59. The maximum Gasteiger partial charge on any atom is 0.0234 e. The second-order valence-corrected chi connectivity index (χ2v) is 6.22. The summed E-state index contributed by atoms with van der Waals surface area (Å²) in [6.07, 6.45) is 12.0. The number of thioether (sulfide) groups is 1. The first-order chi connectivity index (χ1) is 8.90. The van der Waals surface area contributed by atoms with Gasteiger partial charge in [-0.1, -0.05) is 63.3 Å². The molecule has 1 aliphatic rings. The first-order valence-corrected chi connectivity index (χ1v) is 8.30. The third-order valence-corrected chi connectivity index (χ3v) is 4.71. The lowest BCUT2D eigenvalue weighted by Crippen LogP contribution is -1.94. The molecule has 1 aliphatic heterocycles. The van der Waals surface area contributed by atoms with Crippen molar-refractivity contribution in [2.24, 2.45) is 0 Å². The Bertz CT molecular complexity index is 392. The van der Waals surface area contributed by atoms with E-state index in [-0.39, 0.29) is 0 Å². The molecule has 0 aliphatic carbocycles. The van der Waals surface area contributed by atoms with Gasteiger partial charge in [-0.3, -0.25) is 0 Å². The number of unbranched alkanes of at least 4 members (excludes halogenated alkanes) is 5. The molecule has 1 heterocycles. The Morgan fingerprint density at radius 1 is 1.00 bits per heavy atom. The first kappa shape index (κ1) is 13.7. The van der Waals surface area contributed by atoms with Crippen molar-refractivity contribution in [1.82, 2.24) is 0 Å². The Hall–Kier alpha value is -0.690. The molecule has 0 nitrogen and oxygen atoms in total. The molecule has 2 rings (SSSR count). The van der Waals surface area contributed by atoms with Crippen molar-refractivity contribution in [3.05, 3.63) is 40.3 Å². The maximum absolute atomic E-state index is 2.40. The fraction of sp³-hybridized carbons (Fsp3) is 0.529. The summed E-state index contributed by atoms with van der Waals surface area (Å²) in [5, 5.41) is 0. The highest BCUT2D eigenvalue weighted by Gasteiger charge is 2.09. The number of rotatable bonds is 7. The van der Waals surface area contributed by atoms with Crippen LogP contribution in [0.25, 0.3) is 6.08 Å². The van der Waals surface area contributed by atoms with Crippen LogP contribution in [0.3, 0.4) is 0 Å². The van der Waals surface area contributed by atoms with Gasteiger partial charge in [0.1, 0.15) is 0 Å². The molecule has 0 fully saturated rings. The van der Waals surface area contributed by atoms with E-state index in [1.54, 1.807) is 4.91 Å². The minimum Gasteiger partial charge on any atom is -0.126 e. The van der Waals surface area contributed by atoms with Gasteiger partial charge in [-0.2, -0.15) is 0 Å². The summed E-state index contributed by atoms with van der Waals surface area (Å²) < 4.78 is 0. The molecule has 1 aromatic rings. The van der Waals surface area contributed by atoms with Gasteiger partial charge >= 0.3 is 0 Å². The van der Waals surface area contributed by atoms with Gasteiger partial charge in [-0.15, -0.1) is 11.8 Å². The van der Waals surface area contributed by atoms with E-state index in [0.29, 0.717) is 0 Å². The average molecular weight is 260 g/mol. The zero-order chi connectivity index (χ0) is 12.6. The predicted octanol–water partition coefficient (Wildman–Crippen LogP) is 6.02. The van der Waals surface area contributed by atoms with E-state index in [1.165, 1.54) is 56.1 Å². The van der Waals surface area contributed by atoms with Crippen LogP contribution in [0.4, 0.5) is 0 Å². The minimum atomic E-state index is 1.16. The molecule has 0 aromatic heterocycles. The van der Waals surface area contributed by atoms with Crippen LogP contribution in [-0.2, 0) is 5.75 Å². The zero-order valence-corrected chi connectivity index (χ0v) is 12.3. The molecule has 0 atom stereocenters. The Kier molecular flexibility index (Phi) is 5.86. The monoisotopic (exact) mass is 260 g/mol. The van der Waals surface area contributed by atoms with Gasteiger partial charge in [0.15, 0.2) is 0 Å². The normalized spacial score (nSPS) is 14.2. The van der Waals surface area contributed by atoms with Gasteiger partial charge in [-0.25, -0.2) is 0 Å². The van der Waals surface area contributed by atoms with E-state index in [4.69, 9.17) is 0 Å². The number of hydrogen-bond donors (Lipinski definition) is 0. The minimum absolute atomic E-state index is 1.16. The van der Waals surface area contributed by atoms with E-state index in [9.17, 15) is 0 Å². The van der Waals surface area contributed by atoms with Crippen molar-refractivity contribution in [3.63, 3.8) is 0 Å². The second kappa shape index (κ2) is 7.68. The smallest absolute Gasteiger partial charge is 0.0234 e. The Morgan fingerprint density at radius 3 is 2.67 bits per heavy atom. The summed E-state index contributed by atoms with van der Waals surface area (Å²) in [6.45, 7) is 2.28. The fourth-order valence-corrected chi connectivity index (χ4v) is 3.52. The van der Waals surface area contributed by atoms with Gasteiger partial charge in [0.2, 0.25) is 0 Å².